The topological polar surface area (TPSA) is 67.4 Å². The van der Waals surface area contributed by atoms with Gasteiger partial charge in [-0.15, -0.1) is 0 Å². The predicted octanol–water partition coefficient (Wildman–Crippen LogP) is 3.30. The summed E-state index contributed by atoms with van der Waals surface area (Å²) in [6.07, 6.45) is 0. The Bertz CT molecular complexity index is 714. The molecule has 2 N–H and O–H groups in total. The Balaban J connectivity index is 1.78. The third-order valence-electron chi connectivity index (χ3n) is 3.32. The van der Waals surface area contributed by atoms with Crippen LogP contribution in [0.2, 0.25) is 5.02 Å². The van der Waals surface area contributed by atoms with Gasteiger partial charge in [-0.1, -0.05) is 43.6 Å². The van der Waals surface area contributed by atoms with Crippen LogP contribution < -0.4 is 15.6 Å². The van der Waals surface area contributed by atoms with Crippen LogP contribution in [-0.2, 0) is 4.79 Å². The zero-order valence-electron chi connectivity index (χ0n) is 13.5. The first-order valence-corrected chi connectivity index (χ1v) is 7.91. The van der Waals surface area contributed by atoms with E-state index in [9.17, 15) is 9.59 Å². The van der Waals surface area contributed by atoms with Crippen molar-refractivity contribution in [1.82, 2.24) is 10.9 Å². The number of nitrogens with one attached hydrogen (secondary N) is 2. The number of halogens is 1. The molecule has 126 valence electrons. The highest BCUT2D eigenvalue weighted by Crippen LogP contribution is 2.18. The number of ether oxygens (including phenoxy) is 1. The van der Waals surface area contributed by atoms with E-state index < -0.39 is 11.8 Å². The lowest BCUT2D eigenvalue weighted by Gasteiger charge is -2.10. The Hall–Kier alpha value is -2.53. The number of benzene rings is 2. The van der Waals surface area contributed by atoms with Gasteiger partial charge in [-0.3, -0.25) is 20.4 Å². The van der Waals surface area contributed by atoms with E-state index in [2.05, 4.69) is 24.7 Å². The molecule has 0 aliphatic heterocycles. The second-order valence-electron chi connectivity index (χ2n) is 5.53. The van der Waals surface area contributed by atoms with E-state index in [4.69, 9.17) is 16.3 Å². The third kappa shape index (κ3) is 5.28. The second kappa shape index (κ2) is 8.36. The van der Waals surface area contributed by atoms with Crippen molar-refractivity contribution in [2.45, 2.75) is 19.8 Å². The van der Waals surface area contributed by atoms with Crippen molar-refractivity contribution in [2.24, 2.45) is 0 Å². The number of carbonyl (C=O) groups is 2. The van der Waals surface area contributed by atoms with Crippen molar-refractivity contribution < 1.29 is 14.3 Å². The van der Waals surface area contributed by atoms with Crippen LogP contribution in [0, 0.1) is 0 Å². The summed E-state index contributed by atoms with van der Waals surface area (Å²) in [7, 11) is 0. The highest BCUT2D eigenvalue weighted by atomic mass is 35.5. The lowest BCUT2D eigenvalue weighted by Crippen LogP contribution is -2.43. The molecule has 2 aromatic carbocycles. The molecule has 6 heteroatoms. The summed E-state index contributed by atoms with van der Waals surface area (Å²) >= 11 is 5.81. The molecule has 0 unspecified atom stereocenters. The highest BCUT2D eigenvalue weighted by Gasteiger charge is 2.08. The molecular weight excluding hydrogens is 328 g/mol. The van der Waals surface area contributed by atoms with Crippen LogP contribution in [0.25, 0.3) is 0 Å². The molecule has 0 aromatic heterocycles. The molecule has 2 rings (SSSR count). The number of carbonyl (C=O) groups excluding carboxylic acids is 2. The first kappa shape index (κ1) is 17.8. The van der Waals surface area contributed by atoms with E-state index >= 15 is 0 Å². The summed E-state index contributed by atoms with van der Waals surface area (Å²) in [4.78, 5) is 23.6. The molecule has 2 amide bonds. The Kier molecular flexibility index (Phi) is 6.21. The predicted molar refractivity (Wildman–Crippen MR) is 93.1 cm³/mol. The Morgan fingerprint density at radius 1 is 1.08 bits per heavy atom. The molecule has 2 aromatic rings. The molecule has 0 aliphatic carbocycles. The SMILES string of the molecule is CC(C)c1ccc(OCC(=O)NNC(=O)c2cccc(Cl)c2)cc1. The molecule has 0 spiro atoms. The summed E-state index contributed by atoms with van der Waals surface area (Å²) in [5, 5.41) is 0.446. The fourth-order valence-electron chi connectivity index (χ4n) is 1.96. The van der Waals surface area contributed by atoms with E-state index in [-0.39, 0.29) is 6.61 Å². The summed E-state index contributed by atoms with van der Waals surface area (Å²) in [5.41, 5.74) is 6.15. The number of hydrogen-bond acceptors (Lipinski definition) is 3. The molecule has 24 heavy (non-hydrogen) atoms. The van der Waals surface area contributed by atoms with Gasteiger partial charge in [0.25, 0.3) is 11.8 Å². The monoisotopic (exact) mass is 346 g/mol. The largest absolute Gasteiger partial charge is 0.484 e. The first-order chi connectivity index (χ1) is 11.5. The van der Waals surface area contributed by atoms with Gasteiger partial charge in [0.1, 0.15) is 5.75 Å². The van der Waals surface area contributed by atoms with Gasteiger partial charge in [0.05, 0.1) is 0 Å². The molecule has 0 radical (unpaired) electrons. The molecule has 0 bridgehead atoms. The first-order valence-electron chi connectivity index (χ1n) is 7.53. The average molecular weight is 347 g/mol. The van der Waals surface area contributed by atoms with Crippen molar-refractivity contribution in [3.8, 4) is 5.75 Å². The Morgan fingerprint density at radius 2 is 1.79 bits per heavy atom. The fraction of sp³-hybridized carbons (Fsp3) is 0.222. The van der Waals surface area contributed by atoms with E-state index in [1.165, 1.54) is 11.6 Å². The van der Waals surface area contributed by atoms with E-state index in [0.717, 1.165) is 0 Å². The normalized spacial score (nSPS) is 10.3. The van der Waals surface area contributed by atoms with Gasteiger partial charge in [0, 0.05) is 10.6 Å². The van der Waals surface area contributed by atoms with Crippen LogP contribution in [0.1, 0.15) is 35.7 Å². The van der Waals surface area contributed by atoms with Crippen LogP contribution in [0.5, 0.6) is 5.75 Å². The quantitative estimate of drug-likeness (QED) is 0.816. The lowest BCUT2D eigenvalue weighted by atomic mass is 10.0. The molecular formula is C18H19ClN2O3. The zero-order chi connectivity index (χ0) is 17.5. The maximum Gasteiger partial charge on any atom is 0.276 e. The Labute approximate surface area is 145 Å². The smallest absolute Gasteiger partial charge is 0.276 e. The van der Waals surface area contributed by atoms with Gasteiger partial charge in [-0.2, -0.15) is 0 Å². The molecule has 0 atom stereocenters. The van der Waals surface area contributed by atoms with Crippen LogP contribution in [0.3, 0.4) is 0 Å². The van der Waals surface area contributed by atoms with Gasteiger partial charge in [0.15, 0.2) is 6.61 Å². The number of rotatable bonds is 5. The van der Waals surface area contributed by atoms with Gasteiger partial charge < -0.3 is 4.74 Å². The van der Waals surface area contributed by atoms with Gasteiger partial charge in [-0.05, 0) is 41.8 Å². The fourth-order valence-corrected chi connectivity index (χ4v) is 2.15. The minimum atomic E-state index is -0.460. The van der Waals surface area contributed by atoms with Gasteiger partial charge >= 0.3 is 0 Å². The highest BCUT2D eigenvalue weighted by molar-refractivity contribution is 6.30. The Morgan fingerprint density at radius 3 is 2.42 bits per heavy atom. The van der Waals surface area contributed by atoms with Crippen molar-refractivity contribution >= 4 is 23.4 Å². The van der Waals surface area contributed by atoms with E-state index in [1.54, 1.807) is 18.2 Å². The summed E-state index contributed by atoms with van der Waals surface area (Å²) in [6.45, 7) is 4.01. The lowest BCUT2D eigenvalue weighted by molar-refractivity contribution is -0.123. The van der Waals surface area contributed by atoms with Crippen LogP contribution >= 0.6 is 11.6 Å². The van der Waals surface area contributed by atoms with Gasteiger partial charge in [-0.25, -0.2) is 0 Å². The molecule has 0 aliphatic rings. The molecule has 0 heterocycles. The van der Waals surface area contributed by atoms with Gasteiger partial charge in [0.2, 0.25) is 0 Å². The summed E-state index contributed by atoms with van der Waals surface area (Å²) < 4.78 is 5.38. The molecule has 0 fully saturated rings. The second-order valence-corrected chi connectivity index (χ2v) is 5.96. The van der Waals surface area contributed by atoms with Crippen LogP contribution in [0.15, 0.2) is 48.5 Å². The number of hydrogen-bond donors (Lipinski definition) is 2. The third-order valence-corrected chi connectivity index (χ3v) is 3.55. The minimum absolute atomic E-state index is 0.198. The average Bonchev–Trinajstić information content (AvgIpc) is 2.58. The number of hydrazine groups is 1. The van der Waals surface area contributed by atoms with E-state index in [1.807, 2.05) is 24.3 Å². The van der Waals surface area contributed by atoms with E-state index in [0.29, 0.717) is 22.3 Å². The standard InChI is InChI=1S/C18H19ClN2O3/c1-12(2)13-6-8-16(9-7-13)24-11-17(22)20-21-18(23)14-4-3-5-15(19)10-14/h3-10,12H,11H2,1-2H3,(H,20,22)(H,21,23). The number of amides is 2. The van der Waals surface area contributed by atoms with Crippen LogP contribution in [-0.4, -0.2) is 18.4 Å². The van der Waals surface area contributed by atoms with Crippen molar-refractivity contribution in [3.63, 3.8) is 0 Å². The zero-order valence-corrected chi connectivity index (χ0v) is 14.3. The maximum absolute atomic E-state index is 11.9. The molecule has 5 nitrogen and oxygen atoms in total. The summed E-state index contributed by atoms with van der Waals surface area (Å²) in [5.74, 6) is 0.116. The molecule has 0 saturated carbocycles. The summed E-state index contributed by atoms with van der Waals surface area (Å²) in [6, 6.07) is 14.0. The maximum atomic E-state index is 11.9. The van der Waals surface area contributed by atoms with Crippen molar-refractivity contribution in [3.05, 3.63) is 64.7 Å². The van der Waals surface area contributed by atoms with Crippen molar-refractivity contribution in [2.75, 3.05) is 6.61 Å². The van der Waals surface area contributed by atoms with Crippen LogP contribution in [0.4, 0.5) is 0 Å². The van der Waals surface area contributed by atoms with Crippen molar-refractivity contribution in [1.29, 1.82) is 0 Å². The molecule has 0 saturated heterocycles. The minimum Gasteiger partial charge on any atom is -0.484 e.